The molecule has 2 rings (SSSR count). The van der Waals surface area contributed by atoms with Crippen LogP contribution in [0.5, 0.6) is 6.01 Å². The minimum absolute atomic E-state index is 0.223. The summed E-state index contributed by atoms with van der Waals surface area (Å²) in [4.78, 5) is 14.2. The van der Waals surface area contributed by atoms with E-state index in [9.17, 15) is 0 Å². The number of rotatable bonds is 0. The summed E-state index contributed by atoms with van der Waals surface area (Å²) in [5, 5.41) is 8.96. The lowest BCUT2D eigenvalue weighted by Gasteiger charge is -1.92. The molecule has 0 unspecified atom stereocenters. The zero-order chi connectivity index (χ0) is 7.84. The molecule has 0 aliphatic heterocycles. The quantitative estimate of drug-likeness (QED) is 0.568. The summed E-state index contributed by atoms with van der Waals surface area (Å²) < 4.78 is 0. The molecule has 5 heteroatoms. The predicted octanol–water partition coefficient (Wildman–Crippen LogP) is 0.367. The number of aryl methyl sites for hydroxylation is 1. The molecule has 5 nitrogen and oxygen atoms in total. The van der Waals surface area contributed by atoms with E-state index in [1.54, 1.807) is 6.92 Å². The summed E-state index contributed by atoms with van der Waals surface area (Å²) in [6.07, 6.45) is 1.52. The van der Waals surface area contributed by atoms with Gasteiger partial charge in [-0.2, -0.15) is 9.97 Å². The molecule has 0 fully saturated rings. The van der Waals surface area contributed by atoms with Crippen LogP contribution in [0.3, 0.4) is 0 Å². The third kappa shape index (κ3) is 0.813. The second-order valence-electron chi connectivity index (χ2n) is 2.21. The Morgan fingerprint density at radius 3 is 3.09 bits per heavy atom. The molecular weight excluding hydrogens is 144 g/mol. The number of aromatic amines is 1. The van der Waals surface area contributed by atoms with Gasteiger partial charge in [-0.3, -0.25) is 0 Å². The largest absolute Gasteiger partial charge is 0.479 e. The van der Waals surface area contributed by atoms with E-state index in [1.807, 2.05) is 0 Å². The van der Waals surface area contributed by atoms with Crippen molar-refractivity contribution in [3.8, 4) is 6.01 Å². The lowest BCUT2D eigenvalue weighted by molar-refractivity contribution is 0.431. The van der Waals surface area contributed by atoms with Gasteiger partial charge in [0.05, 0.1) is 12.0 Å². The van der Waals surface area contributed by atoms with Crippen LogP contribution in [0.2, 0.25) is 0 Å². The fraction of sp³-hybridized carbons (Fsp3) is 0.167. The minimum atomic E-state index is -0.223. The number of H-pyrrole nitrogens is 1. The molecule has 0 aliphatic rings. The average molecular weight is 150 g/mol. The Labute approximate surface area is 62.1 Å². The van der Waals surface area contributed by atoms with Gasteiger partial charge in [0.2, 0.25) is 0 Å². The number of nitrogens with one attached hydrogen (secondary N) is 1. The first-order valence-corrected chi connectivity index (χ1v) is 3.14. The van der Waals surface area contributed by atoms with Crippen molar-refractivity contribution in [2.45, 2.75) is 6.92 Å². The highest BCUT2D eigenvalue weighted by Gasteiger charge is 2.03. The van der Waals surface area contributed by atoms with Crippen molar-refractivity contribution in [1.82, 2.24) is 19.9 Å². The van der Waals surface area contributed by atoms with E-state index in [0.29, 0.717) is 16.9 Å². The summed E-state index contributed by atoms with van der Waals surface area (Å²) in [6, 6.07) is -0.223. The van der Waals surface area contributed by atoms with Gasteiger partial charge in [-0.1, -0.05) is 0 Å². The summed E-state index contributed by atoms with van der Waals surface area (Å²) in [6.45, 7) is 1.77. The molecule has 0 atom stereocenters. The number of aromatic nitrogens is 4. The Bertz CT molecular complexity index is 394. The van der Waals surface area contributed by atoms with Crippen molar-refractivity contribution in [3.05, 3.63) is 12.0 Å². The van der Waals surface area contributed by atoms with Crippen molar-refractivity contribution < 1.29 is 5.11 Å². The van der Waals surface area contributed by atoms with Gasteiger partial charge >= 0.3 is 6.01 Å². The summed E-state index contributed by atoms with van der Waals surface area (Å²) in [5.41, 5.74) is 1.94. The van der Waals surface area contributed by atoms with Gasteiger partial charge in [0, 0.05) is 0 Å². The third-order valence-corrected chi connectivity index (χ3v) is 1.44. The number of hydrogen-bond donors (Lipinski definition) is 2. The number of nitrogens with zero attached hydrogens (tertiary/aromatic N) is 3. The first kappa shape index (κ1) is 6.09. The van der Waals surface area contributed by atoms with Crippen LogP contribution in [0.1, 0.15) is 5.69 Å². The SMILES string of the molecule is Cc1nc(O)nc2[nH]cnc12. The number of fused-ring (bicyclic) bond motifs is 1. The zero-order valence-corrected chi connectivity index (χ0v) is 5.87. The molecule has 2 N–H and O–H groups in total. The molecule has 2 heterocycles. The average Bonchev–Trinajstić information content (AvgIpc) is 2.34. The molecule has 11 heavy (non-hydrogen) atoms. The molecule has 2 aromatic heterocycles. The van der Waals surface area contributed by atoms with E-state index < -0.39 is 0 Å². The molecule has 0 saturated heterocycles. The van der Waals surface area contributed by atoms with Crippen LogP contribution in [-0.4, -0.2) is 25.0 Å². The molecule has 0 saturated carbocycles. The zero-order valence-electron chi connectivity index (χ0n) is 5.87. The van der Waals surface area contributed by atoms with Crippen molar-refractivity contribution in [1.29, 1.82) is 0 Å². The molecule has 56 valence electrons. The fourth-order valence-corrected chi connectivity index (χ4v) is 0.965. The molecule has 2 aromatic rings. The Balaban J connectivity index is 2.91. The predicted molar refractivity (Wildman–Crippen MR) is 38.1 cm³/mol. The molecule has 0 spiro atoms. The maximum atomic E-state index is 8.96. The maximum Gasteiger partial charge on any atom is 0.316 e. The van der Waals surface area contributed by atoms with Crippen LogP contribution in [0, 0.1) is 6.92 Å². The lowest BCUT2D eigenvalue weighted by atomic mass is 10.4. The van der Waals surface area contributed by atoms with E-state index in [-0.39, 0.29) is 6.01 Å². The second-order valence-corrected chi connectivity index (χ2v) is 2.21. The fourth-order valence-electron chi connectivity index (χ4n) is 0.965. The summed E-state index contributed by atoms with van der Waals surface area (Å²) in [7, 11) is 0. The molecule has 0 radical (unpaired) electrons. The highest BCUT2D eigenvalue weighted by molar-refractivity contribution is 5.72. The molecule has 0 bridgehead atoms. The van der Waals surface area contributed by atoms with Crippen LogP contribution in [0.4, 0.5) is 0 Å². The van der Waals surface area contributed by atoms with Gasteiger partial charge < -0.3 is 10.1 Å². The van der Waals surface area contributed by atoms with Gasteiger partial charge in [-0.05, 0) is 6.92 Å². The van der Waals surface area contributed by atoms with Gasteiger partial charge in [0.15, 0.2) is 5.65 Å². The lowest BCUT2D eigenvalue weighted by Crippen LogP contribution is -1.87. The van der Waals surface area contributed by atoms with Crippen molar-refractivity contribution in [2.24, 2.45) is 0 Å². The van der Waals surface area contributed by atoms with E-state index in [0.717, 1.165) is 0 Å². The number of aromatic hydroxyl groups is 1. The van der Waals surface area contributed by atoms with Gasteiger partial charge in [0.25, 0.3) is 0 Å². The van der Waals surface area contributed by atoms with Crippen LogP contribution in [0.15, 0.2) is 6.33 Å². The van der Waals surface area contributed by atoms with Gasteiger partial charge in [-0.15, -0.1) is 0 Å². The summed E-state index contributed by atoms with van der Waals surface area (Å²) >= 11 is 0. The monoisotopic (exact) mass is 150 g/mol. The normalized spacial score (nSPS) is 10.6. The number of hydrogen-bond acceptors (Lipinski definition) is 4. The smallest absolute Gasteiger partial charge is 0.316 e. The molecule has 0 amide bonds. The topological polar surface area (TPSA) is 74.7 Å². The summed E-state index contributed by atoms with van der Waals surface area (Å²) in [5.74, 6) is 0. The van der Waals surface area contributed by atoms with Crippen LogP contribution < -0.4 is 0 Å². The Morgan fingerprint density at radius 1 is 1.45 bits per heavy atom. The van der Waals surface area contributed by atoms with Crippen LogP contribution in [0.25, 0.3) is 11.2 Å². The van der Waals surface area contributed by atoms with E-state index in [2.05, 4.69) is 19.9 Å². The van der Waals surface area contributed by atoms with Gasteiger partial charge in [0.1, 0.15) is 5.52 Å². The van der Waals surface area contributed by atoms with E-state index in [4.69, 9.17) is 5.11 Å². The standard InChI is InChI=1S/C6H6N4O/c1-3-4-5(8-2-7-4)10-6(11)9-3/h2H,1H3,(H2,7,8,9,10,11). The highest BCUT2D eigenvalue weighted by Crippen LogP contribution is 2.12. The van der Waals surface area contributed by atoms with Crippen LogP contribution in [-0.2, 0) is 0 Å². The third-order valence-electron chi connectivity index (χ3n) is 1.44. The van der Waals surface area contributed by atoms with Crippen molar-refractivity contribution in [2.75, 3.05) is 0 Å². The van der Waals surface area contributed by atoms with Crippen molar-refractivity contribution >= 4 is 11.2 Å². The Morgan fingerprint density at radius 2 is 2.27 bits per heavy atom. The second kappa shape index (κ2) is 1.91. The molecular formula is C6H6N4O. The van der Waals surface area contributed by atoms with E-state index >= 15 is 0 Å². The molecule has 0 aromatic carbocycles. The maximum absolute atomic E-state index is 8.96. The van der Waals surface area contributed by atoms with Crippen molar-refractivity contribution in [3.63, 3.8) is 0 Å². The van der Waals surface area contributed by atoms with Gasteiger partial charge in [-0.25, -0.2) is 4.98 Å². The minimum Gasteiger partial charge on any atom is -0.479 e. The highest BCUT2D eigenvalue weighted by atomic mass is 16.3. The molecule has 0 aliphatic carbocycles. The first-order valence-electron chi connectivity index (χ1n) is 3.14. The van der Waals surface area contributed by atoms with E-state index in [1.165, 1.54) is 6.33 Å². The number of imidazole rings is 1. The Kier molecular flexibility index (Phi) is 1.06. The van der Waals surface area contributed by atoms with Crippen LogP contribution >= 0.6 is 0 Å². The first-order chi connectivity index (χ1) is 5.27. The Hall–Kier alpha value is -1.65.